The number of carbonyl (C=O) groups excluding carboxylic acids is 1. The van der Waals surface area contributed by atoms with Gasteiger partial charge in [-0.15, -0.1) is 0 Å². The van der Waals surface area contributed by atoms with E-state index in [9.17, 15) is 23.2 Å². The Bertz CT molecular complexity index is 1260. The summed E-state index contributed by atoms with van der Waals surface area (Å²) in [7, 11) is 1.25. The Morgan fingerprint density at radius 3 is 2.58 bits per heavy atom. The van der Waals surface area contributed by atoms with Crippen molar-refractivity contribution in [2.45, 2.75) is 53.0 Å². The molecule has 1 N–H and O–H groups in total. The molecule has 0 unspecified atom stereocenters. The standard InChI is InChI=1S/C21H24F2N4O6/c1-4-6-9-27-17-16(18(28)25-21(27)30)26(5-2)15(24-17)11-32-19(29)12-7-8-13(33-20(22)23)14(10-12)31-3/h7-8,10,20H,4-6,9,11H2,1-3H3,(H,25,28,30). The number of H-pyrrole nitrogens is 1. The molecular formula is C21H24F2N4O6. The number of aromatic amines is 1. The fourth-order valence-corrected chi connectivity index (χ4v) is 3.39. The van der Waals surface area contributed by atoms with Gasteiger partial charge in [-0.1, -0.05) is 13.3 Å². The van der Waals surface area contributed by atoms with Gasteiger partial charge in [0, 0.05) is 13.1 Å². The summed E-state index contributed by atoms with van der Waals surface area (Å²) < 4.78 is 42.6. The SMILES string of the molecule is CCCCn1c(=O)[nH]c(=O)c2c1nc(COC(=O)c1ccc(OC(F)F)c(OC)c1)n2CC. The molecule has 0 radical (unpaired) electrons. The minimum atomic E-state index is -3.04. The molecule has 0 amide bonds. The number of hydrogen-bond acceptors (Lipinski definition) is 7. The average Bonchev–Trinajstić information content (AvgIpc) is 3.16. The molecule has 2 heterocycles. The molecule has 3 aromatic rings. The van der Waals surface area contributed by atoms with Crippen LogP contribution < -0.4 is 20.7 Å². The third kappa shape index (κ3) is 5.04. The summed E-state index contributed by atoms with van der Waals surface area (Å²) in [6.07, 6.45) is 1.56. The van der Waals surface area contributed by atoms with E-state index in [1.165, 1.54) is 29.9 Å². The second-order valence-corrected chi connectivity index (χ2v) is 7.03. The van der Waals surface area contributed by atoms with Crippen LogP contribution in [0.1, 0.15) is 42.9 Å². The van der Waals surface area contributed by atoms with Crippen LogP contribution in [-0.4, -0.2) is 38.8 Å². The molecule has 178 valence electrons. The summed E-state index contributed by atoms with van der Waals surface area (Å²) in [4.78, 5) is 44.0. The van der Waals surface area contributed by atoms with Gasteiger partial charge in [0.1, 0.15) is 12.4 Å². The third-order valence-electron chi connectivity index (χ3n) is 4.96. The van der Waals surface area contributed by atoms with Crippen LogP contribution >= 0.6 is 0 Å². The number of rotatable bonds is 10. The van der Waals surface area contributed by atoms with Crippen LogP contribution in [0.25, 0.3) is 11.2 Å². The van der Waals surface area contributed by atoms with Gasteiger partial charge in [-0.25, -0.2) is 14.6 Å². The maximum atomic E-state index is 12.5. The largest absolute Gasteiger partial charge is 0.493 e. The Balaban J connectivity index is 1.89. The summed E-state index contributed by atoms with van der Waals surface area (Å²) >= 11 is 0. The zero-order valence-electron chi connectivity index (χ0n) is 18.4. The van der Waals surface area contributed by atoms with E-state index >= 15 is 0 Å². The highest BCUT2D eigenvalue weighted by atomic mass is 19.3. The fraction of sp³-hybridized carbons (Fsp3) is 0.429. The number of fused-ring (bicyclic) bond motifs is 1. The lowest BCUT2D eigenvalue weighted by molar-refractivity contribution is -0.0512. The highest BCUT2D eigenvalue weighted by Crippen LogP contribution is 2.29. The van der Waals surface area contributed by atoms with Crippen LogP contribution in [0.15, 0.2) is 27.8 Å². The van der Waals surface area contributed by atoms with E-state index in [1.807, 2.05) is 6.92 Å². The maximum Gasteiger partial charge on any atom is 0.387 e. The van der Waals surface area contributed by atoms with E-state index in [0.717, 1.165) is 12.8 Å². The van der Waals surface area contributed by atoms with Gasteiger partial charge in [0.05, 0.1) is 12.7 Å². The minimum Gasteiger partial charge on any atom is -0.493 e. The van der Waals surface area contributed by atoms with Crippen LogP contribution in [0.4, 0.5) is 8.78 Å². The van der Waals surface area contributed by atoms with Crippen LogP contribution in [-0.2, 0) is 24.4 Å². The van der Waals surface area contributed by atoms with Crippen LogP contribution in [0, 0.1) is 0 Å². The smallest absolute Gasteiger partial charge is 0.387 e. The van der Waals surface area contributed by atoms with E-state index in [4.69, 9.17) is 9.47 Å². The van der Waals surface area contributed by atoms with E-state index in [2.05, 4.69) is 14.7 Å². The number of nitrogens with one attached hydrogen (secondary N) is 1. The predicted octanol–water partition coefficient (Wildman–Crippen LogP) is 2.67. The van der Waals surface area contributed by atoms with E-state index in [1.54, 1.807) is 11.5 Å². The predicted molar refractivity (Wildman–Crippen MR) is 114 cm³/mol. The first-order valence-corrected chi connectivity index (χ1v) is 10.3. The summed E-state index contributed by atoms with van der Waals surface area (Å²) in [5.41, 5.74) is -0.641. The normalized spacial score (nSPS) is 11.2. The molecule has 0 saturated carbocycles. The number of alkyl halides is 2. The topological polar surface area (TPSA) is 117 Å². The van der Waals surface area contributed by atoms with Crippen molar-refractivity contribution in [3.63, 3.8) is 0 Å². The highest BCUT2D eigenvalue weighted by Gasteiger charge is 2.20. The van der Waals surface area contributed by atoms with Gasteiger partial charge in [-0.2, -0.15) is 8.78 Å². The summed E-state index contributed by atoms with van der Waals surface area (Å²) in [5, 5.41) is 0. The number of aromatic nitrogens is 4. The number of ether oxygens (including phenoxy) is 3. The Kier molecular flexibility index (Phi) is 7.46. The van der Waals surface area contributed by atoms with Crippen molar-refractivity contribution in [2.24, 2.45) is 0 Å². The quantitative estimate of drug-likeness (QED) is 0.457. The molecule has 10 nitrogen and oxygen atoms in total. The van der Waals surface area contributed by atoms with Crippen molar-refractivity contribution in [3.8, 4) is 11.5 Å². The number of unbranched alkanes of at least 4 members (excludes halogenated alkanes) is 1. The average molecular weight is 466 g/mol. The highest BCUT2D eigenvalue weighted by molar-refractivity contribution is 5.90. The molecule has 12 heteroatoms. The molecule has 0 fully saturated rings. The second kappa shape index (κ2) is 10.3. The first-order valence-electron chi connectivity index (χ1n) is 10.3. The van der Waals surface area contributed by atoms with E-state index in [0.29, 0.717) is 13.1 Å². The Hall–Kier alpha value is -3.70. The second-order valence-electron chi connectivity index (χ2n) is 7.03. The molecule has 3 rings (SSSR count). The number of carbonyl (C=O) groups is 1. The molecule has 0 aliphatic carbocycles. The van der Waals surface area contributed by atoms with Crippen molar-refractivity contribution >= 4 is 17.1 Å². The van der Waals surface area contributed by atoms with Gasteiger partial charge >= 0.3 is 18.3 Å². The van der Waals surface area contributed by atoms with Crippen molar-refractivity contribution in [3.05, 3.63) is 50.4 Å². The zero-order valence-corrected chi connectivity index (χ0v) is 18.4. The van der Waals surface area contributed by atoms with Gasteiger partial charge in [0.15, 0.2) is 22.7 Å². The molecule has 2 aromatic heterocycles. The minimum absolute atomic E-state index is 0.0466. The number of halogens is 2. The molecule has 0 aliphatic rings. The maximum absolute atomic E-state index is 12.5. The number of imidazole rings is 1. The lowest BCUT2D eigenvalue weighted by atomic mass is 10.2. The first kappa shape index (κ1) is 24.0. The molecule has 33 heavy (non-hydrogen) atoms. The van der Waals surface area contributed by atoms with Gasteiger partial charge < -0.3 is 18.8 Å². The Morgan fingerprint density at radius 1 is 1.18 bits per heavy atom. The first-order chi connectivity index (χ1) is 15.8. The lowest BCUT2D eigenvalue weighted by Gasteiger charge is -2.11. The fourth-order valence-electron chi connectivity index (χ4n) is 3.39. The molecule has 0 spiro atoms. The van der Waals surface area contributed by atoms with Gasteiger partial charge in [0.25, 0.3) is 5.56 Å². The van der Waals surface area contributed by atoms with Gasteiger partial charge in [-0.05, 0) is 31.5 Å². The monoisotopic (exact) mass is 466 g/mol. The summed E-state index contributed by atoms with van der Waals surface area (Å²) in [6, 6.07) is 3.66. The molecule has 0 atom stereocenters. The number of benzene rings is 1. The Morgan fingerprint density at radius 2 is 1.94 bits per heavy atom. The third-order valence-corrected chi connectivity index (χ3v) is 4.96. The van der Waals surface area contributed by atoms with Crippen molar-refractivity contribution in [2.75, 3.05) is 7.11 Å². The number of methoxy groups -OCH3 is 1. The van der Waals surface area contributed by atoms with Crippen molar-refractivity contribution in [1.29, 1.82) is 0 Å². The zero-order chi connectivity index (χ0) is 24.1. The van der Waals surface area contributed by atoms with Crippen LogP contribution in [0.2, 0.25) is 0 Å². The number of esters is 1. The number of nitrogens with zero attached hydrogens (tertiary/aromatic N) is 3. The molecule has 0 aliphatic heterocycles. The van der Waals surface area contributed by atoms with Crippen molar-refractivity contribution < 1.29 is 27.8 Å². The van der Waals surface area contributed by atoms with Gasteiger partial charge in [-0.3, -0.25) is 14.3 Å². The molecule has 0 saturated heterocycles. The molecule has 0 bridgehead atoms. The molecule has 1 aromatic carbocycles. The lowest BCUT2D eigenvalue weighted by Crippen LogP contribution is -2.31. The number of aryl methyl sites for hydroxylation is 2. The van der Waals surface area contributed by atoms with Crippen LogP contribution in [0.3, 0.4) is 0 Å². The molecular weight excluding hydrogens is 442 g/mol. The Labute approximate surface area is 186 Å². The van der Waals surface area contributed by atoms with Gasteiger partial charge in [0.2, 0.25) is 0 Å². The summed E-state index contributed by atoms with van der Waals surface area (Å²) in [5.74, 6) is -0.756. The number of hydrogen-bond donors (Lipinski definition) is 1. The van der Waals surface area contributed by atoms with E-state index in [-0.39, 0.29) is 40.7 Å². The van der Waals surface area contributed by atoms with Crippen molar-refractivity contribution in [1.82, 2.24) is 19.1 Å². The van der Waals surface area contributed by atoms with Crippen LogP contribution in [0.5, 0.6) is 11.5 Å². The van der Waals surface area contributed by atoms with E-state index < -0.39 is 23.8 Å². The summed E-state index contributed by atoms with van der Waals surface area (Å²) in [6.45, 7) is 1.18.